The van der Waals surface area contributed by atoms with E-state index in [0.717, 1.165) is 60.9 Å². The van der Waals surface area contributed by atoms with Gasteiger partial charge in [0.15, 0.2) is 12.3 Å². The Morgan fingerprint density at radius 2 is 1.82 bits per heavy atom. The molecular weight excluding hydrogens is 532 g/mol. The first-order chi connectivity index (χ1) is 19.2. The van der Waals surface area contributed by atoms with Gasteiger partial charge in [-0.25, -0.2) is 4.98 Å². The van der Waals surface area contributed by atoms with Gasteiger partial charge in [0.05, 0.1) is 17.3 Å². The molecule has 3 aliphatic rings. The van der Waals surface area contributed by atoms with Gasteiger partial charge in [0.2, 0.25) is 0 Å². The van der Waals surface area contributed by atoms with Crippen molar-refractivity contribution in [3.63, 3.8) is 0 Å². The molecule has 212 valence electrons. The highest BCUT2D eigenvalue weighted by atomic mass is 35.5. The number of hydrogen-bond donors (Lipinski definition) is 1. The van der Waals surface area contributed by atoms with E-state index in [-0.39, 0.29) is 30.5 Å². The molecule has 2 amide bonds. The van der Waals surface area contributed by atoms with Gasteiger partial charge < -0.3 is 30.1 Å². The van der Waals surface area contributed by atoms with Crippen molar-refractivity contribution in [3.05, 3.63) is 46.1 Å². The number of anilines is 2. The summed E-state index contributed by atoms with van der Waals surface area (Å²) in [5, 5.41) is 5.49. The highest BCUT2D eigenvalue weighted by Crippen LogP contribution is 2.37. The average Bonchev–Trinajstić information content (AvgIpc) is 3.35. The van der Waals surface area contributed by atoms with Crippen molar-refractivity contribution in [2.45, 2.75) is 38.3 Å². The second kappa shape index (κ2) is 10.4. The lowest BCUT2D eigenvalue weighted by molar-refractivity contribution is -0.131. The third-order valence-electron chi connectivity index (χ3n) is 8.20. The molecule has 1 atom stereocenters. The summed E-state index contributed by atoms with van der Waals surface area (Å²) in [6, 6.07) is 6.85. The summed E-state index contributed by atoms with van der Waals surface area (Å²) in [6.45, 7) is 5.01. The molecule has 3 aromatic rings. The van der Waals surface area contributed by atoms with Crippen LogP contribution in [0.5, 0.6) is 5.75 Å². The van der Waals surface area contributed by atoms with Crippen LogP contribution in [0.3, 0.4) is 0 Å². The summed E-state index contributed by atoms with van der Waals surface area (Å²) in [5.74, 6) is 1.76. The second-order valence-corrected chi connectivity index (χ2v) is 11.5. The predicted molar refractivity (Wildman–Crippen MR) is 153 cm³/mol. The lowest BCUT2D eigenvalue weighted by Gasteiger charge is -2.39. The first-order valence-electron chi connectivity index (χ1n) is 13.8. The Morgan fingerprint density at radius 1 is 1.05 bits per heavy atom. The van der Waals surface area contributed by atoms with Crippen molar-refractivity contribution >= 4 is 40.7 Å². The van der Waals surface area contributed by atoms with Gasteiger partial charge in [0, 0.05) is 69.5 Å². The van der Waals surface area contributed by atoms with Crippen LogP contribution in [0.2, 0.25) is 5.02 Å². The Labute approximate surface area is 238 Å². The van der Waals surface area contributed by atoms with E-state index < -0.39 is 0 Å². The normalized spacial score (nSPS) is 21.0. The fraction of sp³-hybridized carbons (Fsp3) is 0.500. The number of carbonyl (C=O) groups excluding carboxylic acids is 2. The zero-order chi connectivity index (χ0) is 28.1. The fourth-order valence-corrected chi connectivity index (χ4v) is 6.06. The van der Waals surface area contributed by atoms with Gasteiger partial charge in [-0.1, -0.05) is 11.6 Å². The maximum Gasteiger partial charge on any atom is 0.260 e. The zero-order valence-electron chi connectivity index (χ0n) is 23.1. The molecule has 2 fully saturated rings. The van der Waals surface area contributed by atoms with Crippen LogP contribution in [0.15, 0.2) is 24.3 Å². The van der Waals surface area contributed by atoms with E-state index in [1.165, 1.54) is 0 Å². The van der Waals surface area contributed by atoms with E-state index in [1.807, 2.05) is 22.5 Å². The highest BCUT2D eigenvalue weighted by Gasteiger charge is 2.34. The molecule has 2 saturated heterocycles. The molecule has 11 nitrogen and oxygen atoms in total. The molecule has 0 spiro atoms. The van der Waals surface area contributed by atoms with Gasteiger partial charge in [-0.2, -0.15) is 9.61 Å². The summed E-state index contributed by atoms with van der Waals surface area (Å²) in [6.07, 6.45) is 2.66. The zero-order valence-corrected chi connectivity index (χ0v) is 23.9. The van der Waals surface area contributed by atoms with E-state index >= 15 is 0 Å². The molecule has 1 unspecified atom stereocenters. The SMILES string of the molecule is Cc1c(N2CC(N)C2)nc2cc3nn2c1N(C)CCN(C)C(=O)COc1ccc(Cl)cc1C(=O)N1CCCCC31. The van der Waals surface area contributed by atoms with E-state index in [0.29, 0.717) is 36.0 Å². The summed E-state index contributed by atoms with van der Waals surface area (Å²) in [4.78, 5) is 39.8. The number of carbonyl (C=O) groups is 2. The maximum atomic E-state index is 14.0. The van der Waals surface area contributed by atoms with E-state index in [4.69, 9.17) is 32.2 Å². The number of likely N-dealkylation sites (N-methyl/N-ethyl adjacent to an activating group) is 2. The number of hydrogen-bond acceptors (Lipinski definition) is 8. The van der Waals surface area contributed by atoms with Crippen molar-refractivity contribution < 1.29 is 14.3 Å². The van der Waals surface area contributed by atoms with Crippen LogP contribution in [-0.4, -0.2) is 95.7 Å². The number of piperidine rings is 1. The monoisotopic (exact) mass is 566 g/mol. The van der Waals surface area contributed by atoms with Crippen LogP contribution in [0.1, 0.15) is 46.9 Å². The molecule has 0 radical (unpaired) electrons. The van der Waals surface area contributed by atoms with Crippen LogP contribution in [0.25, 0.3) is 5.65 Å². The molecule has 3 aliphatic heterocycles. The molecule has 40 heavy (non-hydrogen) atoms. The Kier molecular flexibility index (Phi) is 6.95. The number of ether oxygens (including phenoxy) is 1. The summed E-state index contributed by atoms with van der Waals surface area (Å²) in [7, 11) is 3.76. The molecule has 5 heterocycles. The Morgan fingerprint density at radius 3 is 2.60 bits per heavy atom. The minimum atomic E-state index is -0.227. The van der Waals surface area contributed by atoms with Gasteiger partial charge in [0.25, 0.3) is 11.8 Å². The van der Waals surface area contributed by atoms with E-state index in [1.54, 1.807) is 30.1 Å². The summed E-state index contributed by atoms with van der Waals surface area (Å²) < 4.78 is 7.80. The molecule has 2 N–H and O–H groups in total. The molecule has 2 bridgehead atoms. The lowest BCUT2D eigenvalue weighted by atomic mass is 9.98. The van der Waals surface area contributed by atoms with Crippen molar-refractivity contribution in [2.75, 3.05) is 63.2 Å². The first kappa shape index (κ1) is 26.6. The fourth-order valence-electron chi connectivity index (χ4n) is 5.89. The highest BCUT2D eigenvalue weighted by molar-refractivity contribution is 6.31. The van der Waals surface area contributed by atoms with Crippen LogP contribution >= 0.6 is 11.6 Å². The topological polar surface area (TPSA) is 113 Å². The number of rotatable bonds is 1. The second-order valence-electron chi connectivity index (χ2n) is 11.1. The van der Waals surface area contributed by atoms with E-state index in [2.05, 4.69) is 16.7 Å². The van der Waals surface area contributed by atoms with Crippen molar-refractivity contribution in [1.29, 1.82) is 0 Å². The van der Waals surface area contributed by atoms with Crippen LogP contribution < -0.4 is 20.3 Å². The minimum Gasteiger partial charge on any atom is -0.483 e. The largest absolute Gasteiger partial charge is 0.483 e. The molecule has 6 rings (SSSR count). The summed E-state index contributed by atoms with van der Waals surface area (Å²) in [5.41, 5.74) is 8.97. The smallest absolute Gasteiger partial charge is 0.260 e. The molecule has 12 heteroatoms. The number of halogens is 1. The Hall–Kier alpha value is -3.57. The van der Waals surface area contributed by atoms with Gasteiger partial charge >= 0.3 is 0 Å². The molecule has 2 aromatic heterocycles. The third-order valence-corrected chi connectivity index (χ3v) is 8.43. The number of amides is 2. The number of fused-ring (bicyclic) bond motifs is 4. The lowest BCUT2D eigenvalue weighted by Crippen LogP contribution is -2.56. The van der Waals surface area contributed by atoms with Gasteiger partial charge in [-0.05, 0) is 44.4 Å². The van der Waals surface area contributed by atoms with Crippen LogP contribution in [0, 0.1) is 6.92 Å². The van der Waals surface area contributed by atoms with Crippen molar-refractivity contribution in [1.82, 2.24) is 24.4 Å². The molecular formula is C28H35ClN8O3. The van der Waals surface area contributed by atoms with E-state index in [9.17, 15) is 9.59 Å². The standard InChI is InChI=1S/C28H35ClN8O3/c1-17-26(35-14-19(30)15-35)31-24-13-21-22-6-4-5-9-36(22)28(39)20-12-18(29)7-8-23(20)40-16-25(38)33(2)10-11-34(3)27(17)37(24)32-21/h7-8,12-13,19,22H,4-6,9-11,14-16,30H2,1-3H3. The molecule has 0 aliphatic carbocycles. The number of nitrogens with zero attached hydrogens (tertiary/aromatic N) is 7. The maximum absolute atomic E-state index is 14.0. The number of aromatic nitrogens is 3. The molecule has 0 saturated carbocycles. The van der Waals surface area contributed by atoms with Gasteiger partial charge in [0.1, 0.15) is 17.4 Å². The Balaban J connectivity index is 1.50. The third kappa shape index (κ3) is 4.71. The van der Waals surface area contributed by atoms with Gasteiger partial charge in [-0.15, -0.1) is 0 Å². The van der Waals surface area contributed by atoms with Gasteiger partial charge in [-0.3, -0.25) is 9.59 Å². The van der Waals surface area contributed by atoms with Crippen molar-refractivity contribution in [2.24, 2.45) is 5.73 Å². The quantitative estimate of drug-likeness (QED) is 0.478. The summed E-state index contributed by atoms with van der Waals surface area (Å²) >= 11 is 6.32. The Bertz CT molecular complexity index is 1470. The average molecular weight is 567 g/mol. The van der Waals surface area contributed by atoms with Crippen molar-refractivity contribution in [3.8, 4) is 5.75 Å². The number of nitrogens with two attached hydrogens (primary N) is 1. The molecule has 1 aromatic carbocycles. The van der Waals surface area contributed by atoms with Crippen LogP contribution in [0.4, 0.5) is 11.6 Å². The first-order valence-corrected chi connectivity index (χ1v) is 14.2. The minimum absolute atomic E-state index is 0.133. The number of benzene rings is 1. The van der Waals surface area contributed by atoms with Crippen LogP contribution in [-0.2, 0) is 4.79 Å². The predicted octanol–water partition coefficient (Wildman–Crippen LogP) is 2.49.